The largest absolute Gasteiger partial charge is 0.497 e. The molecule has 2 aromatic rings. The van der Waals surface area contributed by atoms with Gasteiger partial charge in [-0.1, -0.05) is 12.1 Å². The summed E-state index contributed by atoms with van der Waals surface area (Å²) in [7, 11) is 1.58. The molecule has 152 valence electrons. The smallest absolute Gasteiger partial charge is 0.329 e. The zero-order valence-corrected chi connectivity index (χ0v) is 16.8. The lowest BCUT2D eigenvalue weighted by molar-refractivity contribution is -0.907. The van der Waals surface area contributed by atoms with Crippen molar-refractivity contribution >= 4 is 17.6 Å². The number of amides is 3. The number of carbonyl (C=O) groups excluding carboxylic acids is 2. The number of aromatic amines is 1. The monoisotopic (exact) mass is 397 g/mol. The highest BCUT2D eigenvalue weighted by molar-refractivity contribution is 6.07. The van der Waals surface area contributed by atoms with E-state index in [9.17, 15) is 9.59 Å². The number of urea groups is 1. The van der Waals surface area contributed by atoms with Crippen LogP contribution in [0, 0.1) is 0 Å². The Morgan fingerprint density at radius 1 is 1.17 bits per heavy atom. The number of H-pyrrole nitrogens is 1. The van der Waals surface area contributed by atoms with E-state index in [1.54, 1.807) is 20.1 Å². The molecular weight excluding hydrogens is 370 g/mol. The quantitative estimate of drug-likeness (QED) is 0.676. The molecule has 0 radical (unpaired) electrons. The molecule has 3 heterocycles. The van der Waals surface area contributed by atoms with Crippen molar-refractivity contribution in [3.63, 3.8) is 0 Å². The van der Waals surface area contributed by atoms with E-state index >= 15 is 0 Å². The van der Waals surface area contributed by atoms with Gasteiger partial charge in [0.25, 0.3) is 5.91 Å². The van der Waals surface area contributed by atoms with Crippen LogP contribution in [0.3, 0.4) is 0 Å². The Bertz CT molecular complexity index is 898. The van der Waals surface area contributed by atoms with Gasteiger partial charge in [0.2, 0.25) is 0 Å². The van der Waals surface area contributed by atoms with E-state index in [0.717, 1.165) is 31.7 Å². The van der Waals surface area contributed by atoms with Crippen molar-refractivity contribution in [2.24, 2.45) is 0 Å². The average molecular weight is 397 g/mol. The third-order valence-electron chi connectivity index (χ3n) is 5.84. The normalized spacial score (nSPS) is 22.7. The lowest BCUT2D eigenvalue weighted by Crippen LogP contribution is -3.16. The van der Waals surface area contributed by atoms with Gasteiger partial charge in [0.05, 0.1) is 33.3 Å². The Hall–Kier alpha value is -3.13. The van der Waals surface area contributed by atoms with E-state index in [2.05, 4.69) is 27.3 Å². The molecule has 0 bridgehead atoms. The minimum Gasteiger partial charge on any atom is -0.497 e. The zero-order chi connectivity index (χ0) is 20.4. The van der Waals surface area contributed by atoms with E-state index in [4.69, 9.17) is 4.74 Å². The van der Waals surface area contributed by atoms with E-state index in [0.29, 0.717) is 12.4 Å². The van der Waals surface area contributed by atoms with Crippen molar-refractivity contribution < 1.29 is 24.2 Å². The van der Waals surface area contributed by atoms with Crippen molar-refractivity contribution in [2.75, 3.05) is 44.9 Å². The Labute approximate surface area is 170 Å². The molecule has 0 spiro atoms. The maximum absolute atomic E-state index is 13.2. The van der Waals surface area contributed by atoms with E-state index in [1.165, 1.54) is 15.5 Å². The van der Waals surface area contributed by atoms with Crippen molar-refractivity contribution in [3.8, 4) is 5.75 Å². The molecule has 29 heavy (non-hydrogen) atoms. The highest BCUT2D eigenvalue weighted by Gasteiger charge is 2.50. The third-order valence-corrected chi connectivity index (χ3v) is 5.84. The molecule has 2 saturated heterocycles. The minimum absolute atomic E-state index is 0.218. The lowest BCUT2D eigenvalue weighted by Gasteiger charge is -2.34. The van der Waals surface area contributed by atoms with Crippen LogP contribution in [0.15, 0.2) is 48.8 Å². The number of carbonyl (C=O) groups is 2. The molecular formula is C21H27N5O3+2. The Morgan fingerprint density at radius 2 is 1.90 bits per heavy atom. The molecule has 2 aliphatic rings. The fourth-order valence-electron chi connectivity index (χ4n) is 4.02. The van der Waals surface area contributed by atoms with Crippen LogP contribution in [-0.2, 0) is 10.3 Å². The number of hydrogen-bond donors (Lipinski definition) is 2. The summed E-state index contributed by atoms with van der Waals surface area (Å²) >= 11 is 0. The first-order valence-corrected chi connectivity index (χ1v) is 9.84. The summed E-state index contributed by atoms with van der Waals surface area (Å²) in [5, 5.41) is 2.88. The molecule has 0 saturated carbocycles. The number of aromatic nitrogens is 1. The van der Waals surface area contributed by atoms with Crippen molar-refractivity contribution in [1.82, 2.24) is 10.2 Å². The predicted octanol–water partition coefficient (Wildman–Crippen LogP) is -0.361. The van der Waals surface area contributed by atoms with Crippen LogP contribution < -0.4 is 24.8 Å². The standard InChI is InChI=1S/C21H25N5O3/c1-21(16-4-3-5-18(14-16)29-2)19(27)26(20(28)23-21)15-24-10-12-25(13-11-24)17-6-8-22-9-7-17/h3-9,14H,10-13,15H2,1-2H3,(H,23,28)/p+2/t21-/m0/s1. The first kappa shape index (κ1) is 19.2. The summed E-state index contributed by atoms with van der Waals surface area (Å²) in [6, 6.07) is 11.1. The van der Waals surface area contributed by atoms with Gasteiger partial charge in [-0.05, 0) is 24.6 Å². The van der Waals surface area contributed by atoms with Crippen molar-refractivity contribution in [2.45, 2.75) is 12.5 Å². The number of rotatable bonds is 5. The van der Waals surface area contributed by atoms with Crippen LogP contribution in [-0.4, -0.2) is 56.8 Å². The number of pyridine rings is 1. The number of imide groups is 1. The summed E-state index contributed by atoms with van der Waals surface area (Å²) in [6.07, 6.45) is 3.84. The number of nitrogens with zero attached hydrogens (tertiary/aromatic N) is 2. The number of piperazine rings is 1. The second-order valence-electron chi connectivity index (χ2n) is 7.67. The van der Waals surface area contributed by atoms with Crippen LogP contribution in [0.1, 0.15) is 12.5 Å². The number of anilines is 1. The molecule has 4 rings (SSSR count). The molecule has 0 aliphatic carbocycles. The molecule has 3 amide bonds. The number of methoxy groups -OCH3 is 1. The number of nitrogens with one attached hydrogen (secondary N) is 3. The lowest BCUT2D eigenvalue weighted by atomic mass is 9.92. The second kappa shape index (κ2) is 7.71. The number of ether oxygens (including phenoxy) is 1. The van der Waals surface area contributed by atoms with Gasteiger partial charge >= 0.3 is 6.03 Å². The van der Waals surface area contributed by atoms with Gasteiger partial charge in [-0.2, -0.15) is 0 Å². The van der Waals surface area contributed by atoms with Gasteiger partial charge in [-0.25, -0.2) is 14.7 Å². The average Bonchev–Trinajstić information content (AvgIpc) is 2.99. The fraction of sp³-hybridized carbons (Fsp3) is 0.381. The molecule has 2 aliphatic heterocycles. The van der Waals surface area contributed by atoms with Crippen LogP contribution in [0.5, 0.6) is 5.75 Å². The van der Waals surface area contributed by atoms with Crippen LogP contribution in [0.4, 0.5) is 10.5 Å². The van der Waals surface area contributed by atoms with Gasteiger partial charge < -0.3 is 19.9 Å². The molecule has 8 nitrogen and oxygen atoms in total. The molecule has 2 fully saturated rings. The molecule has 3 N–H and O–H groups in total. The van der Waals surface area contributed by atoms with E-state index in [-0.39, 0.29) is 11.9 Å². The Balaban J connectivity index is 1.42. The molecule has 1 atom stereocenters. The summed E-state index contributed by atoms with van der Waals surface area (Å²) in [6.45, 7) is 5.63. The van der Waals surface area contributed by atoms with Crippen molar-refractivity contribution in [3.05, 3.63) is 54.4 Å². The zero-order valence-electron chi connectivity index (χ0n) is 16.8. The SMILES string of the molecule is COc1cccc([C@]2(C)NC(=O)N(C[NH+]3CCN(c4cc[nH+]cc4)CC3)C2=O)c1. The summed E-state index contributed by atoms with van der Waals surface area (Å²) in [5.41, 5.74) is 0.828. The molecule has 0 unspecified atom stereocenters. The van der Waals surface area contributed by atoms with Gasteiger partial charge in [0.1, 0.15) is 11.3 Å². The molecule has 1 aromatic heterocycles. The van der Waals surface area contributed by atoms with Gasteiger partial charge in [0, 0.05) is 17.8 Å². The first-order valence-electron chi connectivity index (χ1n) is 9.84. The Morgan fingerprint density at radius 3 is 2.59 bits per heavy atom. The minimum atomic E-state index is -1.08. The molecule has 8 heteroatoms. The van der Waals surface area contributed by atoms with E-state index < -0.39 is 5.54 Å². The highest BCUT2D eigenvalue weighted by atomic mass is 16.5. The highest BCUT2D eigenvalue weighted by Crippen LogP contribution is 2.30. The second-order valence-corrected chi connectivity index (χ2v) is 7.67. The summed E-state index contributed by atoms with van der Waals surface area (Å²) in [5.74, 6) is 0.439. The summed E-state index contributed by atoms with van der Waals surface area (Å²) < 4.78 is 5.27. The Kier molecular flexibility index (Phi) is 5.10. The predicted molar refractivity (Wildman–Crippen MR) is 106 cm³/mol. The molecule has 1 aromatic carbocycles. The number of quaternary nitrogens is 1. The van der Waals surface area contributed by atoms with Crippen LogP contribution in [0.2, 0.25) is 0 Å². The van der Waals surface area contributed by atoms with Gasteiger partial charge in [-0.15, -0.1) is 0 Å². The van der Waals surface area contributed by atoms with Crippen molar-refractivity contribution in [1.29, 1.82) is 0 Å². The maximum atomic E-state index is 13.2. The number of benzene rings is 1. The maximum Gasteiger partial charge on any atom is 0.329 e. The van der Waals surface area contributed by atoms with Gasteiger partial charge in [-0.3, -0.25) is 4.79 Å². The van der Waals surface area contributed by atoms with Crippen LogP contribution >= 0.6 is 0 Å². The fourth-order valence-corrected chi connectivity index (χ4v) is 4.02. The van der Waals surface area contributed by atoms with Gasteiger partial charge in [0.15, 0.2) is 19.1 Å². The number of hydrogen-bond acceptors (Lipinski definition) is 4. The van der Waals surface area contributed by atoms with Crippen LogP contribution in [0.25, 0.3) is 0 Å². The van der Waals surface area contributed by atoms with E-state index in [1.807, 2.05) is 30.6 Å². The first-order chi connectivity index (χ1) is 14.0. The summed E-state index contributed by atoms with van der Waals surface area (Å²) in [4.78, 5) is 33.7. The topological polar surface area (TPSA) is 80.5 Å². The third kappa shape index (κ3) is 3.63.